The number of Topliss-reactive ketones (excluding diaryl/α,β-unsaturated/α-hetero) is 1. The molecule has 7 nitrogen and oxygen atoms in total. The van der Waals surface area contributed by atoms with Crippen molar-refractivity contribution in [1.29, 1.82) is 0 Å². The van der Waals surface area contributed by atoms with Crippen LogP contribution in [0.1, 0.15) is 15.9 Å². The van der Waals surface area contributed by atoms with Gasteiger partial charge in [-0.2, -0.15) is 0 Å². The number of halogens is 1. The third-order valence-electron chi connectivity index (χ3n) is 6.12. The molecular weight excluding hydrogens is 439 g/mol. The summed E-state index contributed by atoms with van der Waals surface area (Å²) in [6, 6.07) is 11.8. The Morgan fingerprint density at radius 2 is 1.76 bits per heavy atom. The molecule has 0 N–H and O–H groups in total. The number of carbonyl (C=O) groups is 3. The summed E-state index contributed by atoms with van der Waals surface area (Å²) in [7, 11) is 2.40. The van der Waals surface area contributed by atoms with Crippen LogP contribution in [-0.4, -0.2) is 43.0 Å². The largest absolute Gasteiger partial charge is 0.468 e. The molecular formula is C26H19FN2O5. The van der Waals surface area contributed by atoms with Crippen LogP contribution in [0.3, 0.4) is 0 Å². The Balaban J connectivity index is 1.83. The maximum atomic E-state index is 13.8. The van der Waals surface area contributed by atoms with Crippen LogP contribution in [0.2, 0.25) is 0 Å². The number of hydrogen-bond donors (Lipinski definition) is 0. The lowest BCUT2D eigenvalue weighted by Crippen LogP contribution is -2.39. The van der Waals surface area contributed by atoms with Gasteiger partial charge in [0.05, 0.1) is 37.0 Å². The highest BCUT2D eigenvalue weighted by atomic mass is 19.1. The van der Waals surface area contributed by atoms with Gasteiger partial charge in [0.25, 0.3) is 0 Å². The van der Waals surface area contributed by atoms with Crippen LogP contribution >= 0.6 is 0 Å². The number of methoxy groups -OCH3 is 2. The summed E-state index contributed by atoms with van der Waals surface area (Å²) in [4.78, 5) is 45.9. The highest BCUT2D eigenvalue weighted by Gasteiger charge is 2.51. The predicted molar refractivity (Wildman–Crippen MR) is 122 cm³/mol. The molecule has 2 aliphatic rings. The minimum absolute atomic E-state index is 0.0254. The van der Waals surface area contributed by atoms with E-state index in [1.54, 1.807) is 23.2 Å². The summed E-state index contributed by atoms with van der Waals surface area (Å²) < 4.78 is 23.6. The first-order valence-corrected chi connectivity index (χ1v) is 10.5. The molecule has 0 unspecified atom stereocenters. The Labute approximate surface area is 194 Å². The molecule has 170 valence electrons. The Bertz CT molecular complexity index is 1410. The van der Waals surface area contributed by atoms with E-state index in [0.29, 0.717) is 11.2 Å². The third kappa shape index (κ3) is 3.18. The van der Waals surface area contributed by atoms with E-state index in [2.05, 4.69) is 4.98 Å². The summed E-state index contributed by atoms with van der Waals surface area (Å²) in [6.45, 7) is 0. The molecule has 0 spiro atoms. The fraction of sp³-hybridized carbons (Fsp3) is 0.154. The van der Waals surface area contributed by atoms with Gasteiger partial charge in [0.1, 0.15) is 17.4 Å². The Morgan fingerprint density at radius 3 is 2.47 bits per heavy atom. The number of aromatic nitrogens is 1. The van der Waals surface area contributed by atoms with Gasteiger partial charge in [-0.1, -0.05) is 30.4 Å². The van der Waals surface area contributed by atoms with Crippen molar-refractivity contribution < 1.29 is 28.2 Å². The first-order valence-electron chi connectivity index (χ1n) is 10.5. The number of ketones is 1. The van der Waals surface area contributed by atoms with Crippen molar-refractivity contribution in [3.63, 3.8) is 0 Å². The van der Waals surface area contributed by atoms with Crippen molar-refractivity contribution in [1.82, 2.24) is 4.98 Å². The molecule has 0 fully saturated rings. The number of ether oxygens (including phenoxy) is 2. The van der Waals surface area contributed by atoms with Gasteiger partial charge in [-0.25, -0.2) is 9.18 Å². The van der Waals surface area contributed by atoms with Gasteiger partial charge in [0.15, 0.2) is 0 Å². The Kier molecular flexibility index (Phi) is 5.20. The number of anilines is 1. The number of hydrogen-bond acceptors (Lipinski definition) is 7. The third-order valence-corrected chi connectivity index (χ3v) is 6.12. The van der Waals surface area contributed by atoms with E-state index in [1.165, 1.54) is 26.4 Å². The normalized spacial score (nSPS) is 18.5. The maximum Gasteiger partial charge on any atom is 0.336 e. The van der Waals surface area contributed by atoms with Crippen molar-refractivity contribution in [2.75, 3.05) is 19.1 Å². The molecule has 2 atom stereocenters. The monoisotopic (exact) mass is 458 g/mol. The predicted octanol–water partition coefficient (Wildman–Crippen LogP) is 3.69. The molecule has 34 heavy (non-hydrogen) atoms. The summed E-state index contributed by atoms with van der Waals surface area (Å²) >= 11 is 0. The van der Waals surface area contributed by atoms with Gasteiger partial charge >= 0.3 is 11.9 Å². The zero-order chi connectivity index (χ0) is 24.0. The zero-order valence-corrected chi connectivity index (χ0v) is 18.3. The first kappa shape index (κ1) is 21.5. The van der Waals surface area contributed by atoms with Crippen LogP contribution in [0.15, 0.2) is 72.1 Å². The van der Waals surface area contributed by atoms with Gasteiger partial charge < -0.3 is 14.4 Å². The van der Waals surface area contributed by atoms with E-state index in [9.17, 15) is 18.8 Å². The second-order valence-corrected chi connectivity index (χ2v) is 7.89. The number of fused-ring (bicyclic) bond motifs is 5. The maximum absolute atomic E-state index is 13.8. The molecule has 0 amide bonds. The summed E-state index contributed by atoms with van der Waals surface area (Å²) in [6.07, 6.45) is 5.23. The molecule has 0 radical (unpaired) electrons. The molecule has 1 aromatic heterocycles. The van der Waals surface area contributed by atoms with Gasteiger partial charge in [-0.3, -0.25) is 14.6 Å². The Hall–Kier alpha value is -4.33. The number of benzene rings is 2. The molecule has 3 aromatic rings. The smallest absolute Gasteiger partial charge is 0.336 e. The Morgan fingerprint density at radius 1 is 1.00 bits per heavy atom. The second-order valence-electron chi connectivity index (χ2n) is 7.89. The van der Waals surface area contributed by atoms with E-state index < -0.39 is 35.5 Å². The van der Waals surface area contributed by atoms with Crippen molar-refractivity contribution in [3.05, 3.63) is 89.0 Å². The second kappa shape index (κ2) is 8.22. The molecule has 2 aromatic carbocycles. The highest BCUT2D eigenvalue weighted by molar-refractivity contribution is 6.19. The average Bonchev–Trinajstić information content (AvgIpc) is 3.22. The average molecular weight is 458 g/mol. The van der Waals surface area contributed by atoms with Crippen molar-refractivity contribution in [3.8, 4) is 0 Å². The standard InChI is InChI=1S/C26H19FN2O5/c1-33-25(31)19-18-12-9-15-6-5-14-4-3-13-28-21(14)22(15)29(18)23(20(19)26(32)34-2)24(30)16-7-10-17(27)11-8-16/h3-13,18-19H,1-2H3/t18-,19+/m0/s1. The zero-order valence-electron chi connectivity index (χ0n) is 18.3. The number of pyridine rings is 1. The minimum atomic E-state index is -1.11. The molecule has 2 aliphatic heterocycles. The van der Waals surface area contributed by atoms with Crippen LogP contribution in [0.4, 0.5) is 10.1 Å². The highest BCUT2D eigenvalue weighted by Crippen LogP contribution is 2.47. The van der Waals surface area contributed by atoms with Crippen molar-refractivity contribution in [2.24, 2.45) is 5.92 Å². The summed E-state index contributed by atoms with van der Waals surface area (Å²) in [5.41, 5.74) is 1.98. The van der Waals surface area contributed by atoms with Gasteiger partial charge in [0, 0.05) is 22.7 Å². The lowest BCUT2D eigenvalue weighted by molar-refractivity contribution is -0.147. The van der Waals surface area contributed by atoms with Crippen LogP contribution < -0.4 is 4.90 Å². The number of rotatable bonds is 4. The molecule has 0 aliphatic carbocycles. The first-order chi connectivity index (χ1) is 16.5. The van der Waals surface area contributed by atoms with Crippen molar-refractivity contribution in [2.45, 2.75) is 6.04 Å². The van der Waals surface area contributed by atoms with Gasteiger partial charge in [-0.15, -0.1) is 0 Å². The fourth-order valence-electron chi connectivity index (χ4n) is 4.63. The fourth-order valence-corrected chi connectivity index (χ4v) is 4.63. The summed E-state index contributed by atoms with van der Waals surface area (Å²) in [5, 5.41) is 0.824. The quantitative estimate of drug-likeness (QED) is 0.435. The van der Waals surface area contributed by atoms with E-state index in [-0.39, 0.29) is 16.8 Å². The van der Waals surface area contributed by atoms with Gasteiger partial charge in [0.2, 0.25) is 5.78 Å². The van der Waals surface area contributed by atoms with E-state index in [4.69, 9.17) is 9.47 Å². The topological polar surface area (TPSA) is 85.8 Å². The molecule has 0 saturated carbocycles. The van der Waals surface area contributed by atoms with Crippen molar-refractivity contribution >= 4 is 40.4 Å². The van der Waals surface area contributed by atoms with Crippen LogP contribution in [0.5, 0.6) is 0 Å². The van der Waals surface area contributed by atoms with Crippen LogP contribution in [-0.2, 0) is 19.1 Å². The number of esters is 2. The van der Waals surface area contributed by atoms with Crippen LogP contribution in [0, 0.1) is 11.7 Å². The summed E-state index contributed by atoms with van der Waals surface area (Å²) in [5.74, 6) is -3.67. The lowest BCUT2D eigenvalue weighted by atomic mass is 9.91. The minimum Gasteiger partial charge on any atom is -0.468 e. The number of nitrogens with zero attached hydrogens (tertiary/aromatic N) is 2. The number of allylic oxidation sites excluding steroid dienone is 1. The van der Waals surface area contributed by atoms with E-state index in [1.807, 2.05) is 24.3 Å². The van der Waals surface area contributed by atoms with E-state index in [0.717, 1.165) is 23.1 Å². The van der Waals surface area contributed by atoms with Gasteiger partial charge in [-0.05, 0) is 30.3 Å². The molecule has 0 saturated heterocycles. The molecule has 3 heterocycles. The molecule has 0 bridgehead atoms. The number of carbonyl (C=O) groups excluding carboxylic acids is 3. The van der Waals surface area contributed by atoms with Crippen LogP contribution in [0.25, 0.3) is 17.0 Å². The lowest BCUT2D eigenvalue weighted by Gasteiger charge is -2.34. The molecule has 5 rings (SSSR count). The SMILES string of the molecule is COC(=O)C1=C(C(=O)c2ccc(F)cc2)N2c3c(ccc4cccnc34)C=C[C@H]2[C@H]1C(=O)OC. The van der Waals surface area contributed by atoms with E-state index >= 15 is 0 Å². The molecule has 8 heteroatoms.